The lowest BCUT2D eigenvalue weighted by Crippen LogP contribution is -2.42. The van der Waals surface area contributed by atoms with Gasteiger partial charge in [-0.15, -0.1) is 0 Å². The molecule has 1 aliphatic rings. The molecule has 1 rings (SSSR count). The minimum Gasteiger partial charge on any atom is -0.480 e. The van der Waals surface area contributed by atoms with Crippen molar-refractivity contribution in [1.82, 2.24) is 4.90 Å². The van der Waals surface area contributed by atoms with E-state index in [0.717, 1.165) is 0 Å². The van der Waals surface area contributed by atoms with E-state index in [2.05, 4.69) is 17.4 Å². The van der Waals surface area contributed by atoms with Crippen LogP contribution in [-0.2, 0) is 19.1 Å². The predicted octanol–water partition coefficient (Wildman–Crippen LogP) is -0.0765. The number of amides is 1. The maximum atomic E-state index is 11.5. The van der Waals surface area contributed by atoms with Gasteiger partial charge in [0.2, 0.25) is 5.91 Å². The maximum Gasteiger partial charge on any atom is 0.326 e. The number of carbonyl (C=O) groups excluding carboxylic acids is 2. The zero-order valence-corrected chi connectivity index (χ0v) is 10.4. The van der Waals surface area contributed by atoms with Gasteiger partial charge in [-0.3, -0.25) is 9.59 Å². The minimum atomic E-state index is -1.11. The number of thiol groups is 1. The quantitative estimate of drug-likeness (QED) is 0.534. The monoisotopic (exact) mass is 261 g/mol. The standard InChI is InChI=1S/C10H15NO5S/c1-16-9(13)3-2-7(10(14)15)11-5-6(17)4-8(11)12/h6-7,17H,2-5H2,1H3,(H,14,15)/t6?,7-/m0/s1. The number of carboxylic acid groups (broad SMARTS) is 1. The summed E-state index contributed by atoms with van der Waals surface area (Å²) in [6.07, 6.45) is 0.286. The Morgan fingerprint density at radius 1 is 1.65 bits per heavy atom. The molecule has 0 spiro atoms. The third-order valence-corrected chi connectivity index (χ3v) is 2.99. The Morgan fingerprint density at radius 2 is 2.29 bits per heavy atom. The van der Waals surface area contributed by atoms with E-state index in [0.29, 0.717) is 6.54 Å². The molecule has 2 atom stereocenters. The first-order valence-corrected chi connectivity index (χ1v) is 5.74. The van der Waals surface area contributed by atoms with E-state index in [-0.39, 0.29) is 30.4 Å². The molecule has 0 aromatic carbocycles. The Labute approximate surface area is 104 Å². The molecular formula is C10H15NO5S. The fourth-order valence-electron chi connectivity index (χ4n) is 1.78. The molecule has 1 saturated heterocycles. The summed E-state index contributed by atoms with van der Waals surface area (Å²) >= 11 is 4.15. The summed E-state index contributed by atoms with van der Waals surface area (Å²) in [6.45, 7) is 0.306. The van der Waals surface area contributed by atoms with Crippen LogP contribution >= 0.6 is 12.6 Å². The predicted molar refractivity (Wildman–Crippen MR) is 61.8 cm³/mol. The van der Waals surface area contributed by atoms with Gasteiger partial charge >= 0.3 is 11.9 Å². The van der Waals surface area contributed by atoms with Gasteiger partial charge in [-0.1, -0.05) is 0 Å². The van der Waals surface area contributed by atoms with Crippen LogP contribution in [0.3, 0.4) is 0 Å². The summed E-state index contributed by atoms with van der Waals surface area (Å²) in [7, 11) is 1.24. The van der Waals surface area contributed by atoms with Crippen LogP contribution in [0.5, 0.6) is 0 Å². The Hall–Kier alpha value is -1.24. The number of nitrogens with zero attached hydrogens (tertiary/aromatic N) is 1. The molecule has 1 amide bonds. The van der Waals surface area contributed by atoms with Crippen molar-refractivity contribution in [2.45, 2.75) is 30.6 Å². The Kier molecular flexibility index (Phi) is 4.80. The molecule has 1 N–H and O–H groups in total. The summed E-state index contributed by atoms with van der Waals surface area (Å²) in [4.78, 5) is 34.8. The first-order valence-electron chi connectivity index (χ1n) is 5.23. The number of rotatable bonds is 5. The highest BCUT2D eigenvalue weighted by Gasteiger charge is 2.36. The number of carboxylic acids is 1. The molecule has 7 heteroatoms. The third kappa shape index (κ3) is 3.62. The zero-order chi connectivity index (χ0) is 13.0. The van der Waals surface area contributed by atoms with Crippen molar-refractivity contribution in [2.24, 2.45) is 0 Å². The molecule has 17 heavy (non-hydrogen) atoms. The van der Waals surface area contributed by atoms with Crippen molar-refractivity contribution in [3.8, 4) is 0 Å². The number of carbonyl (C=O) groups is 3. The van der Waals surface area contributed by atoms with Crippen molar-refractivity contribution in [3.63, 3.8) is 0 Å². The van der Waals surface area contributed by atoms with Crippen molar-refractivity contribution in [2.75, 3.05) is 13.7 Å². The summed E-state index contributed by atoms with van der Waals surface area (Å²) in [6, 6.07) is -0.973. The van der Waals surface area contributed by atoms with E-state index in [9.17, 15) is 14.4 Å². The SMILES string of the molecule is COC(=O)CC[C@@H](C(=O)O)N1CC(S)CC1=O. The molecule has 0 bridgehead atoms. The summed E-state index contributed by atoms with van der Waals surface area (Å²) < 4.78 is 4.44. The lowest BCUT2D eigenvalue weighted by Gasteiger charge is -2.23. The van der Waals surface area contributed by atoms with E-state index in [1.54, 1.807) is 0 Å². The van der Waals surface area contributed by atoms with E-state index in [4.69, 9.17) is 5.11 Å². The van der Waals surface area contributed by atoms with Crippen LogP contribution in [0.25, 0.3) is 0 Å². The van der Waals surface area contributed by atoms with Crippen molar-refractivity contribution < 1.29 is 24.2 Å². The highest BCUT2D eigenvalue weighted by Crippen LogP contribution is 2.21. The Bertz CT molecular complexity index is 333. The highest BCUT2D eigenvalue weighted by atomic mass is 32.1. The topological polar surface area (TPSA) is 83.9 Å². The van der Waals surface area contributed by atoms with Gasteiger partial charge in [0.25, 0.3) is 0 Å². The molecule has 0 radical (unpaired) electrons. The molecule has 0 aliphatic carbocycles. The molecule has 6 nitrogen and oxygen atoms in total. The average Bonchev–Trinajstić information content (AvgIpc) is 2.57. The van der Waals surface area contributed by atoms with E-state index in [1.807, 2.05) is 0 Å². The fourth-order valence-corrected chi connectivity index (χ4v) is 2.11. The fraction of sp³-hybridized carbons (Fsp3) is 0.700. The molecule has 1 aliphatic heterocycles. The smallest absolute Gasteiger partial charge is 0.326 e. The lowest BCUT2D eigenvalue weighted by molar-refractivity contribution is -0.149. The molecule has 0 aromatic rings. The summed E-state index contributed by atoms with van der Waals surface area (Å²) in [5.74, 6) is -1.82. The maximum absolute atomic E-state index is 11.5. The number of esters is 1. The van der Waals surface area contributed by atoms with Gasteiger partial charge in [-0.05, 0) is 6.42 Å². The second kappa shape index (κ2) is 5.90. The second-order valence-electron chi connectivity index (χ2n) is 3.87. The molecule has 1 unspecified atom stereocenters. The zero-order valence-electron chi connectivity index (χ0n) is 9.46. The molecule has 96 valence electrons. The normalized spacial score (nSPS) is 21.4. The Balaban J connectivity index is 2.63. The molecular weight excluding hydrogens is 246 g/mol. The average molecular weight is 261 g/mol. The minimum absolute atomic E-state index is 0.0194. The third-order valence-electron chi connectivity index (χ3n) is 2.65. The van der Waals surface area contributed by atoms with Gasteiger partial charge in [0.1, 0.15) is 6.04 Å². The molecule has 0 aromatic heterocycles. The van der Waals surface area contributed by atoms with Gasteiger partial charge in [0, 0.05) is 24.6 Å². The lowest BCUT2D eigenvalue weighted by atomic mass is 10.1. The first-order chi connectivity index (χ1) is 7.95. The first kappa shape index (κ1) is 13.8. The number of aliphatic carboxylic acids is 1. The van der Waals surface area contributed by atoms with E-state index in [1.165, 1.54) is 12.0 Å². The van der Waals surface area contributed by atoms with Gasteiger partial charge < -0.3 is 14.7 Å². The number of likely N-dealkylation sites (tertiary alicyclic amines) is 1. The van der Waals surface area contributed by atoms with Crippen LogP contribution in [0.15, 0.2) is 0 Å². The largest absolute Gasteiger partial charge is 0.480 e. The molecule has 0 saturated carbocycles. The number of ether oxygens (including phenoxy) is 1. The van der Waals surface area contributed by atoms with Crippen molar-refractivity contribution in [1.29, 1.82) is 0 Å². The van der Waals surface area contributed by atoms with Gasteiger partial charge in [-0.25, -0.2) is 4.79 Å². The summed E-state index contributed by atoms with van der Waals surface area (Å²) in [5.41, 5.74) is 0. The van der Waals surface area contributed by atoms with Crippen LogP contribution in [0.4, 0.5) is 0 Å². The Morgan fingerprint density at radius 3 is 2.71 bits per heavy atom. The van der Waals surface area contributed by atoms with Crippen LogP contribution in [-0.4, -0.2) is 52.8 Å². The van der Waals surface area contributed by atoms with Crippen LogP contribution < -0.4 is 0 Å². The van der Waals surface area contributed by atoms with E-state index < -0.39 is 18.0 Å². The van der Waals surface area contributed by atoms with Crippen molar-refractivity contribution >= 4 is 30.5 Å². The van der Waals surface area contributed by atoms with Gasteiger partial charge in [0.05, 0.1) is 7.11 Å². The van der Waals surface area contributed by atoms with Crippen LogP contribution in [0.2, 0.25) is 0 Å². The van der Waals surface area contributed by atoms with Crippen LogP contribution in [0.1, 0.15) is 19.3 Å². The van der Waals surface area contributed by atoms with E-state index >= 15 is 0 Å². The number of hydrogen-bond acceptors (Lipinski definition) is 5. The van der Waals surface area contributed by atoms with Gasteiger partial charge in [0.15, 0.2) is 0 Å². The van der Waals surface area contributed by atoms with Crippen LogP contribution in [0, 0.1) is 0 Å². The molecule has 1 heterocycles. The molecule has 1 fully saturated rings. The van der Waals surface area contributed by atoms with Crippen molar-refractivity contribution in [3.05, 3.63) is 0 Å². The number of hydrogen-bond donors (Lipinski definition) is 2. The van der Waals surface area contributed by atoms with Gasteiger partial charge in [-0.2, -0.15) is 12.6 Å². The number of methoxy groups -OCH3 is 1. The highest BCUT2D eigenvalue weighted by molar-refractivity contribution is 7.81. The second-order valence-corrected chi connectivity index (χ2v) is 4.60. The summed E-state index contributed by atoms with van der Waals surface area (Å²) in [5, 5.41) is 8.92.